The molecule has 0 spiro atoms. The smallest absolute Gasteiger partial charge is 0.413 e. The molecule has 1 aromatic rings. The highest BCUT2D eigenvalue weighted by Gasteiger charge is 2.19. The Balaban J connectivity index is 2.60. The lowest BCUT2D eigenvalue weighted by Gasteiger charge is -2.16. The van der Waals surface area contributed by atoms with E-state index < -0.39 is 18.1 Å². The second kappa shape index (κ2) is 5.42. The van der Waals surface area contributed by atoms with Gasteiger partial charge >= 0.3 is 12.1 Å². The third-order valence-electron chi connectivity index (χ3n) is 1.86. The van der Waals surface area contributed by atoms with Crippen LogP contribution in [-0.4, -0.2) is 39.8 Å². The maximum atomic E-state index is 10.9. The van der Waals surface area contributed by atoms with Crippen LogP contribution in [0.3, 0.4) is 0 Å². The highest BCUT2D eigenvalue weighted by atomic mass is 32.1. The summed E-state index contributed by atoms with van der Waals surface area (Å²) in [4.78, 5) is 26.2. The van der Waals surface area contributed by atoms with Crippen LogP contribution in [0, 0.1) is 0 Å². The molecule has 1 rings (SSSR count). The summed E-state index contributed by atoms with van der Waals surface area (Å²) in [5.74, 6) is -1.15. The van der Waals surface area contributed by atoms with Crippen LogP contribution in [0.15, 0.2) is 11.6 Å². The maximum Gasteiger partial charge on any atom is 0.413 e. The van der Waals surface area contributed by atoms with Gasteiger partial charge in [-0.15, -0.1) is 11.3 Å². The summed E-state index contributed by atoms with van der Waals surface area (Å²) < 4.78 is 0. The molecule has 0 saturated carbocycles. The minimum absolute atomic E-state index is 0.0102. The summed E-state index contributed by atoms with van der Waals surface area (Å²) in [5.41, 5.74) is 5.28. The van der Waals surface area contributed by atoms with E-state index in [1.807, 2.05) is 0 Å². The molecule has 1 unspecified atom stereocenters. The summed E-state index contributed by atoms with van der Waals surface area (Å²) in [6, 6.07) is -1.07. The zero-order valence-corrected chi connectivity index (χ0v) is 9.05. The molecule has 0 fully saturated rings. The summed E-state index contributed by atoms with van der Waals surface area (Å²) in [6.45, 7) is 0.0102. The quantitative estimate of drug-likeness (QED) is 0.692. The SMILES string of the molecule is NC(CCN(C(=O)O)c1nccs1)C(=O)O. The number of nitrogens with zero attached hydrogens (tertiary/aromatic N) is 2. The van der Waals surface area contributed by atoms with Crippen molar-refractivity contribution in [2.75, 3.05) is 11.4 Å². The van der Waals surface area contributed by atoms with E-state index in [-0.39, 0.29) is 13.0 Å². The minimum atomic E-state index is -1.17. The Bertz CT molecular complexity index is 367. The van der Waals surface area contributed by atoms with Gasteiger partial charge in [-0.1, -0.05) is 0 Å². The fourth-order valence-corrected chi connectivity index (χ4v) is 1.68. The lowest BCUT2D eigenvalue weighted by molar-refractivity contribution is -0.138. The third kappa shape index (κ3) is 3.17. The summed E-state index contributed by atoms with van der Waals surface area (Å²) >= 11 is 1.17. The molecule has 7 nitrogen and oxygen atoms in total. The summed E-state index contributed by atoms with van der Waals surface area (Å²) in [7, 11) is 0. The number of aromatic nitrogens is 1. The number of amides is 1. The molecular weight excluding hydrogens is 234 g/mol. The van der Waals surface area contributed by atoms with E-state index in [0.29, 0.717) is 5.13 Å². The van der Waals surface area contributed by atoms with Crippen molar-refractivity contribution < 1.29 is 19.8 Å². The molecule has 0 bridgehead atoms. The molecule has 1 heterocycles. The van der Waals surface area contributed by atoms with Gasteiger partial charge in [0.25, 0.3) is 0 Å². The molecule has 4 N–H and O–H groups in total. The zero-order valence-electron chi connectivity index (χ0n) is 8.24. The second-order valence-corrected chi connectivity index (χ2v) is 3.86. The molecule has 1 aromatic heterocycles. The van der Waals surface area contributed by atoms with Gasteiger partial charge in [0.05, 0.1) is 0 Å². The Morgan fingerprint density at radius 2 is 2.25 bits per heavy atom. The lowest BCUT2D eigenvalue weighted by Crippen LogP contribution is -2.37. The maximum absolute atomic E-state index is 10.9. The van der Waals surface area contributed by atoms with Crippen molar-refractivity contribution >= 4 is 28.5 Å². The van der Waals surface area contributed by atoms with Gasteiger partial charge in [-0.25, -0.2) is 9.78 Å². The van der Waals surface area contributed by atoms with E-state index in [2.05, 4.69) is 4.98 Å². The Labute approximate surface area is 95.1 Å². The van der Waals surface area contributed by atoms with E-state index >= 15 is 0 Å². The van der Waals surface area contributed by atoms with E-state index in [4.69, 9.17) is 15.9 Å². The van der Waals surface area contributed by atoms with Gasteiger partial charge < -0.3 is 15.9 Å². The van der Waals surface area contributed by atoms with Gasteiger partial charge in [-0.2, -0.15) is 0 Å². The molecule has 0 aliphatic carbocycles. The first kappa shape index (κ1) is 12.4. The number of anilines is 1. The van der Waals surface area contributed by atoms with Crippen LogP contribution in [-0.2, 0) is 4.79 Å². The molecule has 1 atom stereocenters. The number of nitrogens with two attached hydrogens (primary N) is 1. The first-order chi connectivity index (χ1) is 7.52. The minimum Gasteiger partial charge on any atom is -0.480 e. The summed E-state index contributed by atoms with van der Waals surface area (Å²) in [5, 5.41) is 19.4. The van der Waals surface area contributed by atoms with Crippen LogP contribution in [0.4, 0.5) is 9.93 Å². The highest BCUT2D eigenvalue weighted by Crippen LogP contribution is 2.17. The third-order valence-corrected chi connectivity index (χ3v) is 2.66. The monoisotopic (exact) mass is 245 g/mol. The number of hydrogen-bond acceptors (Lipinski definition) is 5. The predicted molar refractivity (Wildman–Crippen MR) is 57.7 cm³/mol. The van der Waals surface area contributed by atoms with Crippen molar-refractivity contribution in [3.8, 4) is 0 Å². The number of carbonyl (C=O) groups is 2. The largest absolute Gasteiger partial charge is 0.480 e. The predicted octanol–water partition coefficient (Wildman–Crippen LogP) is 0.429. The Morgan fingerprint density at radius 3 is 2.69 bits per heavy atom. The van der Waals surface area contributed by atoms with Gasteiger partial charge in [0.2, 0.25) is 0 Å². The number of aliphatic carboxylic acids is 1. The standard InChI is InChI=1S/C8H11N3O4S/c9-5(6(12)13)1-3-11(8(14)15)7-10-2-4-16-7/h2,4-5H,1,3,9H2,(H,12,13)(H,14,15). The van der Waals surface area contributed by atoms with E-state index in [0.717, 1.165) is 4.90 Å². The molecular formula is C8H11N3O4S. The number of thiazole rings is 1. The number of carboxylic acids is 1. The Morgan fingerprint density at radius 1 is 1.56 bits per heavy atom. The molecule has 0 saturated heterocycles. The van der Waals surface area contributed by atoms with Crippen molar-refractivity contribution in [1.29, 1.82) is 0 Å². The van der Waals surface area contributed by atoms with Crippen molar-refractivity contribution in [2.45, 2.75) is 12.5 Å². The fraction of sp³-hybridized carbons (Fsp3) is 0.375. The Hall–Kier alpha value is -1.67. The Kier molecular flexibility index (Phi) is 4.20. The first-order valence-electron chi connectivity index (χ1n) is 4.40. The van der Waals surface area contributed by atoms with Crippen molar-refractivity contribution in [1.82, 2.24) is 4.98 Å². The highest BCUT2D eigenvalue weighted by molar-refractivity contribution is 7.13. The number of rotatable bonds is 5. The molecule has 0 aromatic carbocycles. The molecule has 1 amide bonds. The topological polar surface area (TPSA) is 117 Å². The van der Waals surface area contributed by atoms with Crippen molar-refractivity contribution in [3.63, 3.8) is 0 Å². The van der Waals surface area contributed by atoms with Crippen LogP contribution in [0.5, 0.6) is 0 Å². The van der Waals surface area contributed by atoms with Crippen LogP contribution < -0.4 is 10.6 Å². The average molecular weight is 245 g/mol. The molecule has 88 valence electrons. The van der Waals surface area contributed by atoms with Gasteiger partial charge in [0.1, 0.15) is 6.04 Å². The van der Waals surface area contributed by atoms with Crippen LogP contribution in [0.1, 0.15) is 6.42 Å². The molecule has 0 aliphatic heterocycles. The van der Waals surface area contributed by atoms with Gasteiger partial charge in [0.15, 0.2) is 5.13 Å². The van der Waals surface area contributed by atoms with Crippen LogP contribution >= 0.6 is 11.3 Å². The van der Waals surface area contributed by atoms with E-state index in [1.54, 1.807) is 5.38 Å². The average Bonchev–Trinajstić information content (AvgIpc) is 2.70. The first-order valence-corrected chi connectivity index (χ1v) is 5.28. The normalized spacial score (nSPS) is 12.1. The molecule has 0 radical (unpaired) electrons. The number of carboxylic acid groups (broad SMARTS) is 2. The summed E-state index contributed by atoms with van der Waals surface area (Å²) in [6.07, 6.45) is 0.349. The molecule has 8 heteroatoms. The van der Waals surface area contributed by atoms with Gasteiger partial charge in [-0.05, 0) is 6.42 Å². The fourth-order valence-electron chi connectivity index (χ4n) is 1.01. The molecule has 16 heavy (non-hydrogen) atoms. The van der Waals surface area contributed by atoms with Crippen LogP contribution in [0.25, 0.3) is 0 Å². The van der Waals surface area contributed by atoms with Crippen LogP contribution in [0.2, 0.25) is 0 Å². The van der Waals surface area contributed by atoms with E-state index in [1.165, 1.54) is 17.5 Å². The second-order valence-electron chi connectivity index (χ2n) is 2.98. The lowest BCUT2D eigenvalue weighted by atomic mass is 10.2. The van der Waals surface area contributed by atoms with Crippen molar-refractivity contribution in [3.05, 3.63) is 11.6 Å². The van der Waals surface area contributed by atoms with Gasteiger partial charge in [-0.3, -0.25) is 9.69 Å². The van der Waals surface area contributed by atoms with Crippen molar-refractivity contribution in [2.24, 2.45) is 5.73 Å². The van der Waals surface area contributed by atoms with E-state index in [9.17, 15) is 9.59 Å². The number of hydrogen-bond donors (Lipinski definition) is 3. The molecule has 0 aliphatic rings. The zero-order chi connectivity index (χ0) is 12.1. The van der Waals surface area contributed by atoms with Gasteiger partial charge in [0, 0.05) is 18.1 Å².